The van der Waals surface area contributed by atoms with Gasteiger partial charge in [-0.1, -0.05) is 0 Å². The molecule has 3 aromatic rings. The number of hydrogen-bond acceptors (Lipinski definition) is 5. The normalized spacial score (nSPS) is 11.8. The summed E-state index contributed by atoms with van der Waals surface area (Å²) in [4.78, 5) is 16.7. The molecule has 1 N–H and O–H groups in total. The summed E-state index contributed by atoms with van der Waals surface area (Å²) in [6.45, 7) is 0. The molecule has 0 saturated heterocycles. The van der Waals surface area contributed by atoms with Crippen molar-refractivity contribution in [3.05, 3.63) is 53.5 Å². The van der Waals surface area contributed by atoms with Crippen LogP contribution >= 0.6 is 11.3 Å². The Balaban J connectivity index is 1.80. The van der Waals surface area contributed by atoms with E-state index in [0.717, 1.165) is 14.5 Å². The van der Waals surface area contributed by atoms with Gasteiger partial charge in [-0.25, -0.2) is 17.7 Å². The first kappa shape index (κ1) is 16.6. The molecule has 0 radical (unpaired) electrons. The number of sulfonamides is 1. The fraction of sp³-hybridized carbons (Fsp3) is 0.125. The largest absolute Gasteiger partial charge is 0.322 e. The van der Waals surface area contributed by atoms with Gasteiger partial charge in [0.15, 0.2) is 0 Å². The van der Waals surface area contributed by atoms with Crippen molar-refractivity contribution < 1.29 is 13.2 Å². The summed E-state index contributed by atoms with van der Waals surface area (Å²) in [7, 11) is -0.576. The number of nitrogens with zero attached hydrogens (tertiary/aromatic N) is 2. The van der Waals surface area contributed by atoms with Gasteiger partial charge in [0.1, 0.15) is 0 Å². The van der Waals surface area contributed by atoms with Crippen molar-refractivity contribution in [2.24, 2.45) is 0 Å². The van der Waals surface area contributed by atoms with Gasteiger partial charge in [-0.3, -0.25) is 4.79 Å². The zero-order chi connectivity index (χ0) is 17.3. The van der Waals surface area contributed by atoms with Crippen LogP contribution in [0.5, 0.6) is 0 Å². The first-order valence-corrected chi connectivity index (χ1v) is 9.37. The number of nitrogens with one attached hydrogen (secondary N) is 1. The van der Waals surface area contributed by atoms with Crippen molar-refractivity contribution in [2.75, 3.05) is 19.4 Å². The lowest BCUT2D eigenvalue weighted by molar-refractivity contribution is 0.102. The molecule has 0 aliphatic rings. The number of carbonyl (C=O) groups is 1. The third-order valence-electron chi connectivity index (χ3n) is 3.48. The number of hydrogen-bond donors (Lipinski definition) is 1. The molecule has 0 atom stereocenters. The van der Waals surface area contributed by atoms with Crippen LogP contribution in [0.1, 0.15) is 10.4 Å². The summed E-state index contributed by atoms with van der Waals surface area (Å²) >= 11 is 1.53. The van der Waals surface area contributed by atoms with Crippen molar-refractivity contribution >= 4 is 43.2 Å². The minimum absolute atomic E-state index is 0.146. The predicted molar refractivity (Wildman–Crippen MR) is 94.9 cm³/mol. The number of fused-ring (bicyclic) bond motifs is 1. The van der Waals surface area contributed by atoms with Crippen molar-refractivity contribution in [1.82, 2.24) is 9.29 Å². The Morgan fingerprint density at radius 2 is 1.83 bits per heavy atom. The van der Waals surface area contributed by atoms with Gasteiger partial charge in [0, 0.05) is 25.3 Å². The van der Waals surface area contributed by atoms with Crippen LogP contribution < -0.4 is 5.32 Å². The standard InChI is InChI=1S/C16H15N3O3S2/c1-19(2)24(21,22)13-6-3-11(4-7-13)16(20)18-12-5-8-15-14(9-12)17-10-23-15/h3-10H,1-2H3,(H,18,20). The number of amides is 1. The van der Waals surface area contributed by atoms with E-state index >= 15 is 0 Å². The van der Waals surface area contributed by atoms with Crippen molar-refractivity contribution in [3.63, 3.8) is 0 Å². The minimum atomic E-state index is -3.50. The van der Waals surface area contributed by atoms with E-state index in [1.54, 1.807) is 11.6 Å². The second-order valence-corrected chi connectivity index (χ2v) is 8.34. The van der Waals surface area contributed by atoms with E-state index in [1.165, 1.54) is 49.7 Å². The highest BCUT2D eigenvalue weighted by atomic mass is 32.2. The first-order valence-electron chi connectivity index (χ1n) is 7.05. The van der Waals surface area contributed by atoms with E-state index in [0.29, 0.717) is 11.3 Å². The molecule has 1 amide bonds. The molecule has 0 spiro atoms. The van der Waals surface area contributed by atoms with Gasteiger partial charge in [0.2, 0.25) is 10.0 Å². The van der Waals surface area contributed by atoms with Crippen LogP contribution in [0.25, 0.3) is 10.2 Å². The molecular formula is C16H15N3O3S2. The number of aromatic nitrogens is 1. The fourth-order valence-corrected chi connectivity index (χ4v) is 3.69. The van der Waals surface area contributed by atoms with Crippen LogP contribution in [0.2, 0.25) is 0 Å². The van der Waals surface area contributed by atoms with Crippen LogP contribution in [-0.4, -0.2) is 37.7 Å². The zero-order valence-electron chi connectivity index (χ0n) is 13.1. The van der Waals surface area contributed by atoms with Crippen LogP contribution in [0.4, 0.5) is 5.69 Å². The van der Waals surface area contributed by atoms with E-state index in [4.69, 9.17) is 0 Å². The Morgan fingerprint density at radius 1 is 1.12 bits per heavy atom. The van der Waals surface area contributed by atoms with Crippen molar-refractivity contribution in [2.45, 2.75) is 4.90 Å². The van der Waals surface area contributed by atoms with Crippen molar-refractivity contribution in [3.8, 4) is 0 Å². The molecule has 124 valence electrons. The SMILES string of the molecule is CN(C)S(=O)(=O)c1ccc(C(=O)Nc2ccc3scnc3c2)cc1. The molecule has 1 aromatic heterocycles. The van der Waals surface area contributed by atoms with E-state index < -0.39 is 10.0 Å². The summed E-state index contributed by atoms with van der Waals surface area (Å²) in [6, 6.07) is 11.3. The maximum Gasteiger partial charge on any atom is 0.255 e. The molecule has 0 aliphatic heterocycles. The Hall–Kier alpha value is -2.29. The summed E-state index contributed by atoms with van der Waals surface area (Å²) in [5.41, 5.74) is 3.60. The Kier molecular flexibility index (Phi) is 4.35. The lowest BCUT2D eigenvalue weighted by Crippen LogP contribution is -2.22. The number of benzene rings is 2. The van der Waals surface area contributed by atoms with Gasteiger partial charge in [-0.2, -0.15) is 0 Å². The van der Waals surface area contributed by atoms with Gasteiger partial charge >= 0.3 is 0 Å². The molecule has 2 aromatic carbocycles. The average molecular weight is 361 g/mol. The second kappa shape index (κ2) is 6.31. The second-order valence-electron chi connectivity index (χ2n) is 5.30. The first-order chi connectivity index (χ1) is 11.4. The third kappa shape index (κ3) is 3.16. The maximum absolute atomic E-state index is 12.3. The number of anilines is 1. The number of thiazole rings is 1. The molecule has 0 saturated carbocycles. The maximum atomic E-state index is 12.3. The lowest BCUT2D eigenvalue weighted by Gasteiger charge is -2.11. The summed E-state index contributed by atoms with van der Waals surface area (Å²) in [5, 5.41) is 2.79. The third-order valence-corrected chi connectivity index (χ3v) is 6.12. The highest BCUT2D eigenvalue weighted by Gasteiger charge is 2.17. The van der Waals surface area contributed by atoms with E-state index in [9.17, 15) is 13.2 Å². The van der Waals surface area contributed by atoms with E-state index in [-0.39, 0.29) is 10.8 Å². The van der Waals surface area contributed by atoms with Crippen molar-refractivity contribution in [1.29, 1.82) is 0 Å². The van der Waals surface area contributed by atoms with Gasteiger partial charge in [0.25, 0.3) is 5.91 Å². The van der Waals surface area contributed by atoms with Gasteiger partial charge in [0.05, 0.1) is 20.6 Å². The number of rotatable bonds is 4. The van der Waals surface area contributed by atoms with Crippen LogP contribution in [0.15, 0.2) is 52.9 Å². The van der Waals surface area contributed by atoms with Crippen LogP contribution in [-0.2, 0) is 10.0 Å². The van der Waals surface area contributed by atoms with Crippen LogP contribution in [0.3, 0.4) is 0 Å². The van der Waals surface area contributed by atoms with Gasteiger partial charge in [-0.05, 0) is 42.5 Å². The Morgan fingerprint density at radius 3 is 2.50 bits per heavy atom. The highest BCUT2D eigenvalue weighted by Crippen LogP contribution is 2.22. The topological polar surface area (TPSA) is 79.4 Å². The molecule has 0 fully saturated rings. The quantitative estimate of drug-likeness (QED) is 0.775. The molecular weight excluding hydrogens is 346 g/mol. The number of carbonyl (C=O) groups excluding carboxylic acids is 1. The fourth-order valence-electron chi connectivity index (χ4n) is 2.13. The molecule has 0 aliphatic carbocycles. The van der Waals surface area contributed by atoms with Gasteiger partial charge in [-0.15, -0.1) is 11.3 Å². The smallest absolute Gasteiger partial charge is 0.255 e. The average Bonchev–Trinajstić information content (AvgIpc) is 3.02. The Bertz CT molecular complexity index is 993. The minimum Gasteiger partial charge on any atom is -0.322 e. The summed E-state index contributed by atoms with van der Waals surface area (Å²) in [6.07, 6.45) is 0. The summed E-state index contributed by atoms with van der Waals surface area (Å²) in [5.74, 6) is -0.307. The monoisotopic (exact) mass is 361 g/mol. The predicted octanol–water partition coefficient (Wildman–Crippen LogP) is 2.80. The molecule has 0 unspecified atom stereocenters. The molecule has 1 heterocycles. The Labute approximate surface area is 143 Å². The summed E-state index contributed by atoms with van der Waals surface area (Å²) < 4.78 is 26.2. The molecule has 6 nitrogen and oxygen atoms in total. The van der Waals surface area contributed by atoms with Gasteiger partial charge < -0.3 is 5.32 Å². The highest BCUT2D eigenvalue weighted by molar-refractivity contribution is 7.89. The lowest BCUT2D eigenvalue weighted by atomic mass is 10.2. The molecule has 8 heteroatoms. The van der Waals surface area contributed by atoms with Crippen LogP contribution in [0, 0.1) is 0 Å². The van der Waals surface area contributed by atoms with E-state index in [2.05, 4.69) is 10.3 Å². The molecule has 24 heavy (non-hydrogen) atoms. The molecule has 3 rings (SSSR count). The zero-order valence-corrected chi connectivity index (χ0v) is 14.7. The molecule has 0 bridgehead atoms. The van der Waals surface area contributed by atoms with E-state index in [1.807, 2.05) is 12.1 Å².